The molecular weight excluding hydrogens is 235 g/mol. The van der Waals surface area contributed by atoms with Gasteiger partial charge in [-0.3, -0.25) is 0 Å². The molecular formula is C9H21O2PS2. The van der Waals surface area contributed by atoms with Crippen LogP contribution < -0.4 is 0 Å². The minimum atomic E-state index is -2.59. The lowest BCUT2D eigenvalue weighted by Gasteiger charge is -2.28. The lowest BCUT2D eigenvalue weighted by molar-refractivity contribution is 0.103. The van der Waals surface area contributed by atoms with Crippen LogP contribution in [0.3, 0.4) is 0 Å². The molecule has 0 aromatic rings. The molecule has 0 rings (SSSR count). The lowest BCUT2D eigenvalue weighted by Crippen LogP contribution is -2.22. The Labute approximate surface area is 96.7 Å². The molecule has 5 heteroatoms. The summed E-state index contributed by atoms with van der Waals surface area (Å²) in [6.07, 6.45) is 6.29. The molecule has 2 nitrogen and oxygen atoms in total. The minimum Gasteiger partial charge on any atom is -0.337 e. The van der Waals surface area contributed by atoms with Crippen LogP contribution in [0.2, 0.25) is 0 Å². The maximum atomic E-state index is 9.68. The second-order valence-electron chi connectivity index (χ2n) is 3.96. The summed E-state index contributed by atoms with van der Waals surface area (Å²) in [5, 5.41) is 0. The van der Waals surface area contributed by atoms with E-state index in [1.165, 1.54) is 24.2 Å². The number of unbranched alkanes of at least 4 members (excludes halogenated alkanes) is 2. The molecule has 0 radical (unpaired) electrons. The Bertz CT molecular complexity index is 207. The fourth-order valence-corrected chi connectivity index (χ4v) is 3.42. The molecule has 0 aromatic carbocycles. The van der Waals surface area contributed by atoms with Gasteiger partial charge in [0, 0.05) is 0 Å². The topological polar surface area (TPSA) is 29.5 Å². The van der Waals surface area contributed by atoms with Crippen molar-refractivity contribution < 1.29 is 9.42 Å². The Kier molecular flexibility index (Phi) is 6.92. The zero-order valence-electron chi connectivity index (χ0n) is 9.45. The van der Waals surface area contributed by atoms with Crippen molar-refractivity contribution in [1.29, 1.82) is 0 Å². The van der Waals surface area contributed by atoms with E-state index in [1.54, 1.807) is 6.26 Å². The monoisotopic (exact) mass is 256 g/mol. The van der Waals surface area contributed by atoms with E-state index in [0.717, 1.165) is 12.8 Å². The van der Waals surface area contributed by atoms with E-state index in [1.807, 2.05) is 13.8 Å². The Balaban J connectivity index is 4.00. The van der Waals surface area contributed by atoms with Crippen molar-refractivity contribution in [3.8, 4) is 0 Å². The summed E-state index contributed by atoms with van der Waals surface area (Å²) in [6.45, 7) is 6.17. The van der Waals surface area contributed by atoms with Gasteiger partial charge in [-0.25, -0.2) is 0 Å². The Morgan fingerprint density at radius 3 is 2.43 bits per heavy atom. The zero-order valence-corrected chi connectivity index (χ0v) is 12.0. The van der Waals surface area contributed by atoms with Crippen LogP contribution in [0.1, 0.15) is 46.5 Å². The van der Waals surface area contributed by atoms with Gasteiger partial charge in [-0.15, -0.1) is 0 Å². The van der Waals surface area contributed by atoms with E-state index >= 15 is 0 Å². The maximum Gasteiger partial charge on any atom is 0.244 e. The van der Waals surface area contributed by atoms with Crippen molar-refractivity contribution in [1.82, 2.24) is 0 Å². The Morgan fingerprint density at radius 1 is 1.43 bits per heavy atom. The first-order valence-corrected chi connectivity index (χ1v) is 9.42. The van der Waals surface area contributed by atoms with E-state index in [0.29, 0.717) is 0 Å². The Hall–Kier alpha value is 0.920. The highest BCUT2D eigenvalue weighted by atomic mass is 32.9. The van der Waals surface area contributed by atoms with Crippen LogP contribution in [0.5, 0.6) is 0 Å². The van der Waals surface area contributed by atoms with Crippen LogP contribution in [-0.2, 0) is 16.3 Å². The molecule has 0 spiro atoms. The first kappa shape index (κ1) is 14.9. The third kappa shape index (κ3) is 7.24. The molecule has 0 aromatic heterocycles. The SMILES string of the molecule is CCCCCC(C)(C)OP(O)(=S)SC. The van der Waals surface area contributed by atoms with E-state index in [-0.39, 0.29) is 5.60 Å². The number of hydrogen-bond donors (Lipinski definition) is 1. The average Bonchev–Trinajstić information content (AvgIpc) is 2.03. The first-order valence-electron chi connectivity index (χ1n) is 4.92. The van der Waals surface area contributed by atoms with Gasteiger partial charge in [-0.05, 0) is 38.3 Å². The summed E-state index contributed by atoms with van der Waals surface area (Å²) in [7, 11) is 0. The normalized spacial score (nSPS) is 16.6. The van der Waals surface area contributed by atoms with Crippen LogP contribution in [0.25, 0.3) is 0 Å². The summed E-state index contributed by atoms with van der Waals surface area (Å²) in [5.41, 5.74) is -2.88. The Morgan fingerprint density at radius 2 is 2.00 bits per heavy atom. The van der Waals surface area contributed by atoms with Crippen LogP contribution in [0, 0.1) is 0 Å². The summed E-state index contributed by atoms with van der Waals surface area (Å²) < 4.78 is 5.57. The van der Waals surface area contributed by atoms with E-state index in [9.17, 15) is 4.89 Å². The smallest absolute Gasteiger partial charge is 0.244 e. The van der Waals surface area contributed by atoms with Gasteiger partial charge in [0.1, 0.15) is 0 Å². The molecule has 14 heavy (non-hydrogen) atoms. The number of hydrogen-bond acceptors (Lipinski definition) is 3. The van der Waals surface area contributed by atoms with Gasteiger partial charge in [0.05, 0.1) is 5.60 Å². The van der Waals surface area contributed by atoms with Gasteiger partial charge in [0.2, 0.25) is 5.69 Å². The van der Waals surface area contributed by atoms with Gasteiger partial charge in [0.15, 0.2) is 0 Å². The van der Waals surface area contributed by atoms with Crippen LogP contribution in [-0.4, -0.2) is 16.8 Å². The standard InChI is InChI=1S/C9H21O2PS2/c1-5-6-7-8-9(2,3)11-12(10,13)14-4/h5-8H2,1-4H3,(H,10,13). The maximum absolute atomic E-state index is 9.68. The minimum absolute atomic E-state index is 0.289. The summed E-state index contributed by atoms with van der Waals surface area (Å²) in [4.78, 5) is 9.68. The summed E-state index contributed by atoms with van der Waals surface area (Å²) in [6, 6.07) is 0. The van der Waals surface area contributed by atoms with Gasteiger partial charge >= 0.3 is 0 Å². The fraction of sp³-hybridized carbons (Fsp3) is 1.00. The predicted octanol–water partition coefficient (Wildman–Crippen LogP) is 3.94. The van der Waals surface area contributed by atoms with Crippen molar-refractivity contribution in [2.24, 2.45) is 0 Å². The van der Waals surface area contributed by atoms with E-state index in [4.69, 9.17) is 16.3 Å². The summed E-state index contributed by atoms with van der Waals surface area (Å²) >= 11 is 6.23. The van der Waals surface area contributed by atoms with E-state index < -0.39 is 5.69 Å². The van der Waals surface area contributed by atoms with Gasteiger partial charge in [-0.2, -0.15) is 0 Å². The highest BCUT2D eigenvalue weighted by Crippen LogP contribution is 2.57. The number of rotatable bonds is 7. The molecule has 0 saturated heterocycles. The fourth-order valence-electron chi connectivity index (χ4n) is 1.20. The quantitative estimate of drug-likeness (QED) is 0.552. The van der Waals surface area contributed by atoms with Crippen molar-refractivity contribution >= 4 is 28.9 Å². The van der Waals surface area contributed by atoms with Crippen LogP contribution in [0.15, 0.2) is 0 Å². The van der Waals surface area contributed by atoms with Crippen molar-refractivity contribution in [2.75, 3.05) is 6.26 Å². The zero-order chi connectivity index (χ0) is 11.2. The molecule has 0 fully saturated rings. The molecule has 86 valence electrons. The molecule has 0 bridgehead atoms. The second-order valence-corrected chi connectivity index (χ2v) is 10.2. The molecule has 0 heterocycles. The van der Waals surface area contributed by atoms with Gasteiger partial charge < -0.3 is 9.42 Å². The van der Waals surface area contributed by atoms with Gasteiger partial charge in [0.25, 0.3) is 0 Å². The third-order valence-electron chi connectivity index (χ3n) is 1.98. The predicted molar refractivity (Wildman–Crippen MR) is 69.3 cm³/mol. The van der Waals surface area contributed by atoms with Crippen molar-refractivity contribution in [2.45, 2.75) is 52.1 Å². The first-order chi connectivity index (χ1) is 6.33. The average molecular weight is 256 g/mol. The summed E-state index contributed by atoms with van der Waals surface area (Å²) in [5.74, 6) is 0. The van der Waals surface area contributed by atoms with Crippen LogP contribution in [0.4, 0.5) is 0 Å². The van der Waals surface area contributed by atoms with Crippen molar-refractivity contribution in [3.05, 3.63) is 0 Å². The highest BCUT2D eigenvalue weighted by molar-refractivity contribution is 8.67. The second kappa shape index (κ2) is 6.49. The van der Waals surface area contributed by atoms with E-state index in [2.05, 4.69) is 6.92 Å². The molecule has 1 atom stereocenters. The highest BCUT2D eigenvalue weighted by Gasteiger charge is 2.25. The molecule has 0 aliphatic carbocycles. The molecule has 0 aliphatic rings. The molecule has 1 N–H and O–H groups in total. The molecule has 0 aliphatic heterocycles. The molecule has 0 amide bonds. The van der Waals surface area contributed by atoms with Crippen LogP contribution >= 0.6 is 17.1 Å². The van der Waals surface area contributed by atoms with Crippen molar-refractivity contribution in [3.63, 3.8) is 0 Å². The lowest BCUT2D eigenvalue weighted by atomic mass is 10.0. The molecule has 0 saturated carbocycles. The largest absolute Gasteiger partial charge is 0.337 e. The van der Waals surface area contributed by atoms with Gasteiger partial charge in [-0.1, -0.05) is 37.6 Å². The third-order valence-corrected chi connectivity index (χ3v) is 6.34. The molecule has 1 unspecified atom stereocenters.